The summed E-state index contributed by atoms with van der Waals surface area (Å²) < 4.78 is 5.09. The van der Waals surface area contributed by atoms with Crippen molar-refractivity contribution in [3.63, 3.8) is 0 Å². The number of unbranched alkanes of at least 4 members (excludes halogenated alkanes) is 6. The van der Waals surface area contributed by atoms with Gasteiger partial charge in [0, 0.05) is 12.6 Å². The average molecular weight is 362 g/mol. The Bertz CT molecular complexity index is 567. The van der Waals surface area contributed by atoms with E-state index in [1.165, 1.54) is 45.6 Å². The second-order valence-corrected chi connectivity index (χ2v) is 6.91. The smallest absolute Gasteiger partial charge is 0.243 e. The van der Waals surface area contributed by atoms with Crippen molar-refractivity contribution in [3.05, 3.63) is 35.4 Å². The number of benzene rings is 1. The number of phenols is 1. The first-order valence-electron chi connectivity index (χ1n) is 9.87. The molecule has 0 atom stereocenters. The maximum Gasteiger partial charge on any atom is 0.243 e. The van der Waals surface area contributed by atoms with Gasteiger partial charge in [0.2, 0.25) is 5.91 Å². The van der Waals surface area contributed by atoms with E-state index in [9.17, 15) is 9.90 Å². The second-order valence-electron chi connectivity index (χ2n) is 6.91. The summed E-state index contributed by atoms with van der Waals surface area (Å²) in [7, 11) is 1.53. The molecule has 0 aliphatic rings. The second kappa shape index (κ2) is 13.3. The van der Waals surface area contributed by atoms with E-state index in [-0.39, 0.29) is 11.7 Å². The molecule has 0 aromatic heterocycles. The molecule has 1 aromatic carbocycles. The van der Waals surface area contributed by atoms with Crippen LogP contribution in [0.25, 0.3) is 0 Å². The Morgan fingerprint density at radius 2 is 1.85 bits per heavy atom. The minimum Gasteiger partial charge on any atom is -0.504 e. The first kappa shape index (κ1) is 22.1. The number of ether oxygens (including phenoxy) is 1. The summed E-state index contributed by atoms with van der Waals surface area (Å²) in [5, 5.41) is 12.5. The number of rotatable bonds is 13. The Labute approximate surface area is 158 Å². The molecule has 26 heavy (non-hydrogen) atoms. The minimum atomic E-state index is -0.0313. The lowest BCUT2D eigenvalue weighted by molar-refractivity contribution is -0.116. The van der Waals surface area contributed by atoms with Crippen LogP contribution in [0.1, 0.15) is 70.8 Å². The van der Waals surface area contributed by atoms with Crippen LogP contribution in [0.4, 0.5) is 0 Å². The van der Waals surface area contributed by atoms with E-state index in [1.807, 2.05) is 13.0 Å². The predicted octanol–water partition coefficient (Wildman–Crippen LogP) is 5.15. The highest BCUT2D eigenvalue weighted by Crippen LogP contribution is 2.26. The number of aromatic hydroxyl groups is 1. The van der Waals surface area contributed by atoms with Gasteiger partial charge >= 0.3 is 0 Å². The molecule has 0 aliphatic carbocycles. The first-order valence-corrected chi connectivity index (χ1v) is 9.87. The van der Waals surface area contributed by atoms with Gasteiger partial charge in [-0.3, -0.25) is 4.79 Å². The first-order chi connectivity index (χ1) is 12.6. The van der Waals surface area contributed by atoms with E-state index in [1.54, 1.807) is 18.2 Å². The number of amides is 1. The van der Waals surface area contributed by atoms with Crippen molar-refractivity contribution in [2.24, 2.45) is 0 Å². The molecular formula is C22H35NO3. The molecule has 0 heterocycles. The van der Waals surface area contributed by atoms with Crippen LogP contribution in [0.15, 0.2) is 29.8 Å². The number of hydrogen-bond acceptors (Lipinski definition) is 3. The molecule has 0 spiro atoms. The largest absolute Gasteiger partial charge is 0.504 e. The molecule has 0 bridgehead atoms. The summed E-state index contributed by atoms with van der Waals surface area (Å²) in [6, 6.07) is 5.25. The molecule has 0 saturated carbocycles. The van der Waals surface area contributed by atoms with Gasteiger partial charge in [0.15, 0.2) is 11.5 Å². The highest BCUT2D eigenvalue weighted by atomic mass is 16.5. The van der Waals surface area contributed by atoms with E-state index >= 15 is 0 Å². The normalized spacial score (nSPS) is 11.4. The number of allylic oxidation sites excluding steroid dienone is 1. The van der Waals surface area contributed by atoms with E-state index < -0.39 is 0 Å². The lowest BCUT2D eigenvalue weighted by atomic mass is 10.1. The summed E-state index contributed by atoms with van der Waals surface area (Å²) in [4.78, 5) is 12.0. The Morgan fingerprint density at radius 3 is 2.54 bits per heavy atom. The van der Waals surface area contributed by atoms with Crippen LogP contribution in [0, 0.1) is 0 Å². The molecule has 146 valence electrons. The molecule has 4 heteroatoms. The third kappa shape index (κ3) is 9.50. The molecule has 1 rings (SSSR count). The van der Waals surface area contributed by atoms with Gasteiger partial charge in [0.05, 0.1) is 7.11 Å². The molecular weight excluding hydrogens is 326 g/mol. The predicted molar refractivity (Wildman–Crippen MR) is 108 cm³/mol. The topological polar surface area (TPSA) is 58.6 Å². The molecule has 1 aromatic rings. The van der Waals surface area contributed by atoms with Crippen molar-refractivity contribution in [2.75, 3.05) is 13.7 Å². The van der Waals surface area contributed by atoms with Gasteiger partial charge in [-0.05, 0) is 43.9 Å². The Kier molecular flexibility index (Phi) is 11.3. The third-order valence-corrected chi connectivity index (χ3v) is 4.51. The van der Waals surface area contributed by atoms with Gasteiger partial charge in [-0.2, -0.15) is 0 Å². The number of carbonyl (C=O) groups is 1. The van der Waals surface area contributed by atoms with E-state index in [0.717, 1.165) is 24.0 Å². The van der Waals surface area contributed by atoms with Crippen molar-refractivity contribution >= 4 is 5.91 Å². The SMILES string of the molecule is CCCCCCCCC/C(C)=C\C(=O)NCCc1ccc(O)c(OC)c1. The highest BCUT2D eigenvalue weighted by molar-refractivity contribution is 5.88. The summed E-state index contributed by atoms with van der Waals surface area (Å²) in [6.45, 7) is 4.83. The minimum absolute atomic E-state index is 0.0313. The summed E-state index contributed by atoms with van der Waals surface area (Å²) >= 11 is 0. The van der Waals surface area contributed by atoms with Crippen LogP contribution < -0.4 is 10.1 Å². The standard InChI is InChI=1S/C22H35NO3/c1-4-5-6-7-8-9-10-11-18(2)16-22(25)23-15-14-19-12-13-20(24)21(17-19)26-3/h12-13,16-17,24H,4-11,14-15H2,1-3H3,(H,23,25)/b18-16-. The van der Waals surface area contributed by atoms with Gasteiger partial charge < -0.3 is 15.2 Å². The number of phenolic OH excluding ortho intramolecular Hbond substituents is 1. The molecule has 1 amide bonds. The van der Waals surface area contributed by atoms with Gasteiger partial charge in [-0.1, -0.05) is 57.1 Å². The fraction of sp³-hybridized carbons (Fsp3) is 0.591. The molecule has 0 unspecified atom stereocenters. The Balaban J connectivity index is 2.21. The van der Waals surface area contributed by atoms with Crippen LogP contribution in [0.5, 0.6) is 11.5 Å². The van der Waals surface area contributed by atoms with Crippen LogP contribution in [-0.4, -0.2) is 24.7 Å². The van der Waals surface area contributed by atoms with Gasteiger partial charge in [0.25, 0.3) is 0 Å². The zero-order valence-electron chi connectivity index (χ0n) is 16.6. The van der Waals surface area contributed by atoms with Crippen molar-refractivity contribution < 1.29 is 14.6 Å². The number of hydrogen-bond donors (Lipinski definition) is 2. The van der Waals surface area contributed by atoms with Crippen molar-refractivity contribution in [3.8, 4) is 11.5 Å². The summed E-state index contributed by atoms with van der Waals surface area (Å²) in [5.41, 5.74) is 2.16. The number of nitrogens with one attached hydrogen (secondary N) is 1. The summed E-state index contributed by atoms with van der Waals surface area (Å²) in [5.74, 6) is 0.555. The number of methoxy groups -OCH3 is 1. The van der Waals surface area contributed by atoms with Crippen molar-refractivity contribution in [1.82, 2.24) is 5.32 Å². The fourth-order valence-corrected chi connectivity index (χ4v) is 2.92. The molecule has 0 aliphatic heterocycles. The van der Waals surface area contributed by atoms with Crippen LogP contribution in [-0.2, 0) is 11.2 Å². The van der Waals surface area contributed by atoms with Gasteiger partial charge in [-0.15, -0.1) is 0 Å². The molecule has 0 saturated heterocycles. The maximum absolute atomic E-state index is 12.0. The third-order valence-electron chi connectivity index (χ3n) is 4.51. The molecule has 4 nitrogen and oxygen atoms in total. The average Bonchev–Trinajstić information content (AvgIpc) is 2.62. The van der Waals surface area contributed by atoms with Crippen LogP contribution >= 0.6 is 0 Å². The van der Waals surface area contributed by atoms with Gasteiger partial charge in [0.1, 0.15) is 0 Å². The van der Waals surface area contributed by atoms with E-state index in [4.69, 9.17) is 4.74 Å². The fourth-order valence-electron chi connectivity index (χ4n) is 2.92. The van der Waals surface area contributed by atoms with Gasteiger partial charge in [-0.25, -0.2) is 0 Å². The Morgan fingerprint density at radius 1 is 1.15 bits per heavy atom. The van der Waals surface area contributed by atoms with Crippen molar-refractivity contribution in [1.29, 1.82) is 0 Å². The van der Waals surface area contributed by atoms with E-state index in [0.29, 0.717) is 18.7 Å². The maximum atomic E-state index is 12.0. The summed E-state index contributed by atoms with van der Waals surface area (Å²) in [6.07, 6.45) is 12.4. The zero-order valence-corrected chi connectivity index (χ0v) is 16.6. The lowest BCUT2D eigenvalue weighted by Gasteiger charge is -2.07. The lowest BCUT2D eigenvalue weighted by Crippen LogP contribution is -2.23. The molecule has 0 radical (unpaired) electrons. The Hall–Kier alpha value is -1.97. The number of carbonyl (C=O) groups excluding carboxylic acids is 1. The quantitative estimate of drug-likeness (QED) is 0.377. The monoisotopic (exact) mass is 361 g/mol. The molecule has 2 N–H and O–H groups in total. The highest BCUT2D eigenvalue weighted by Gasteiger charge is 2.04. The zero-order chi connectivity index (χ0) is 19.2. The van der Waals surface area contributed by atoms with Crippen molar-refractivity contribution in [2.45, 2.75) is 71.6 Å². The van der Waals surface area contributed by atoms with Crippen LogP contribution in [0.2, 0.25) is 0 Å². The van der Waals surface area contributed by atoms with E-state index in [2.05, 4.69) is 12.2 Å². The van der Waals surface area contributed by atoms with Crippen LogP contribution in [0.3, 0.4) is 0 Å². The molecule has 0 fully saturated rings.